The van der Waals surface area contributed by atoms with Gasteiger partial charge in [0.2, 0.25) is 5.91 Å². The van der Waals surface area contributed by atoms with Crippen LogP contribution in [0.25, 0.3) is 6.08 Å². The van der Waals surface area contributed by atoms with E-state index >= 15 is 0 Å². The molecular weight excluding hydrogens is 430 g/mol. The molecule has 3 amide bonds. The molecule has 1 saturated carbocycles. The first kappa shape index (κ1) is 22.8. The highest BCUT2D eigenvalue weighted by Gasteiger charge is 2.23. The third-order valence-corrected chi connectivity index (χ3v) is 5.28. The summed E-state index contributed by atoms with van der Waals surface area (Å²) in [5, 5.41) is 8.52. The van der Waals surface area contributed by atoms with Gasteiger partial charge in [-0.15, -0.1) is 0 Å². The highest BCUT2D eigenvalue weighted by Crippen LogP contribution is 2.24. The Morgan fingerprint density at radius 2 is 1.47 bits per heavy atom. The van der Waals surface area contributed by atoms with Crippen LogP contribution >= 0.6 is 0 Å². The Balaban J connectivity index is 1.30. The lowest BCUT2D eigenvalue weighted by atomic mass is 10.1. The summed E-state index contributed by atoms with van der Waals surface area (Å²) in [4.78, 5) is 36.8. The van der Waals surface area contributed by atoms with E-state index in [2.05, 4.69) is 16.0 Å². The first-order valence-electron chi connectivity index (χ1n) is 11.0. The Hall–Kier alpha value is -4.39. The predicted molar refractivity (Wildman–Crippen MR) is 132 cm³/mol. The Kier molecular flexibility index (Phi) is 7.03. The van der Waals surface area contributed by atoms with Gasteiger partial charge in [0.15, 0.2) is 0 Å². The molecule has 0 saturated heterocycles. The molecule has 0 radical (unpaired) electrons. The van der Waals surface area contributed by atoms with Crippen LogP contribution in [0.4, 0.5) is 11.4 Å². The van der Waals surface area contributed by atoms with Crippen molar-refractivity contribution in [3.8, 4) is 5.75 Å². The number of carbonyl (C=O) groups excluding carboxylic acids is 3. The first-order chi connectivity index (χ1) is 16.5. The van der Waals surface area contributed by atoms with Gasteiger partial charge in [-0.25, -0.2) is 0 Å². The number of hydrogen-bond donors (Lipinski definition) is 3. The summed E-state index contributed by atoms with van der Waals surface area (Å²) >= 11 is 0. The van der Waals surface area contributed by atoms with Crippen LogP contribution in [0.5, 0.6) is 5.75 Å². The standard InChI is InChI=1S/C27H25N3O4/c1-34-24-5-3-2-4-23(24)30-27(33)20-11-13-21(14-12-20)28-25(31)17-8-18-6-9-19(10-7-18)26(32)29-22-15-16-22/h2-14,17,22H,15-16H2,1H3,(H,28,31)(H,29,32)(H,30,33)/b17-8+. The zero-order chi connectivity index (χ0) is 23.9. The summed E-state index contributed by atoms with van der Waals surface area (Å²) in [6.45, 7) is 0. The van der Waals surface area contributed by atoms with Gasteiger partial charge in [-0.3, -0.25) is 14.4 Å². The van der Waals surface area contributed by atoms with Crippen molar-refractivity contribution in [1.29, 1.82) is 0 Å². The molecule has 3 aromatic carbocycles. The Morgan fingerprint density at radius 1 is 0.824 bits per heavy atom. The van der Waals surface area contributed by atoms with Crippen molar-refractivity contribution in [2.75, 3.05) is 17.7 Å². The number of rotatable bonds is 8. The van der Waals surface area contributed by atoms with E-state index in [0.29, 0.717) is 34.3 Å². The second kappa shape index (κ2) is 10.5. The van der Waals surface area contributed by atoms with Gasteiger partial charge in [0.25, 0.3) is 11.8 Å². The number of para-hydroxylation sites is 2. The van der Waals surface area contributed by atoms with E-state index in [1.165, 1.54) is 6.08 Å². The molecule has 0 aliphatic heterocycles. The second-order valence-corrected chi connectivity index (χ2v) is 7.92. The van der Waals surface area contributed by atoms with Crippen molar-refractivity contribution < 1.29 is 19.1 Å². The number of benzene rings is 3. The molecule has 7 heteroatoms. The molecule has 3 aromatic rings. The topological polar surface area (TPSA) is 96.5 Å². The molecule has 34 heavy (non-hydrogen) atoms. The molecule has 7 nitrogen and oxygen atoms in total. The largest absolute Gasteiger partial charge is 0.495 e. The van der Waals surface area contributed by atoms with Crippen LogP contribution in [0.1, 0.15) is 39.1 Å². The van der Waals surface area contributed by atoms with Gasteiger partial charge in [0.1, 0.15) is 5.75 Å². The fourth-order valence-corrected chi connectivity index (χ4v) is 3.25. The van der Waals surface area contributed by atoms with E-state index in [1.807, 2.05) is 12.1 Å². The highest BCUT2D eigenvalue weighted by atomic mass is 16.5. The van der Waals surface area contributed by atoms with Crippen LogP contribution in [-0.2, 0) is 4.79 Å². The van der Waals surface area contributed by atoms with Crippen LogP contribution in [0.2, 0.25) is 0 Å². The Morgan fingerprint density at radius 3 is 2.15 bits per heavy atom. The van der Waals surface area contributed by atoms with Gasteiger partial charge in [-0.1, -0.05) is 24.3 Å². The average molecular weight is 456 g/mol. The number of ether oxygens (including phenoxy) is 1. The smallest absolute Gasteiger partial charge is 0.255 e. The maximum Gasteiger partial charge on any atom is 0.255 e. The van der Waals surface area contributed by atoms with Gasteiger partial charge in [-0.05, 0) is 73.0 Å². The molecule has 1 aliphatic carbocycles. The lowest BCUT2D eigenvalue weighted by molar-refractivity contribution is -0.111. The summed E-state index contributed by atoms with van der Waals surface area (Å²) < 4.78 is 5.25. The highest BCUT2D eigenvalue weighted by molar-refractivity contribution is 6.06. The lowest BCUT2D eigenvalue weighted by Gasteiger charge is -2.10. The van der Waals surface area contributed by atoms with Crippen LogP contribution < -0.4 is 20.7 Å². The number of anilines is 2. The summed E-state index contributed by atoms with van der Waals surface area (Å²) in [5.74, 6) is -0.0863. The number of hydrogen-bond acceptors (Lipinski definition) is 4. The molecule has 0 unspecified atom stereocenters. The summed E-state index contributed by atoms with van der Waals surface area (Å²) in [6.07, 6.45) is 5.18. The minimum atomic E-state index is -0.304. The normalized spacial score (nSPS) is 12.7. The molecule has 4 rings (SSSR count). The quantitative estimate of drug-likeness (QED) is 0.436. The van der Waals surface area contributed by atoms with Crippen molar-refractivity contribution >= 4 is 35.2 Å². The van der Waals surface area contributed by atoms with E-state index in [9.17, 15) is 14.4 Å². The maximum atomic E-state index is 12.5. The van der Waals surface area contributed by atoms with Crippen molar-refractivity contribution in [2.45, 2.75) is 18.9 Å². The fraction of sp³-hybridized carbons (Fsp3) is 0.148. The number of carbonyl (C=O) groups is 3. The summed E-state index contributed by atoms with van der Waals surface area (Å²) in [7, 11) is 1.54. The SMILES string of the molecule is COc1ccccc1NC(=O)c1ccc(NC(=O)/C=C/c2ccc(C(=O)NC3CC3)cc2)cc1. The predicted octanol–water partition coefficient (Wildman–Crippen LogP) is 4.49. The average Bonchev–Trinajstić information content (AvgIpc) is 3.68. The first-order valence-corrected chi connectivity index (χ1v) is 11.0. The summed E-state index contributed by atoms with van der Waals surface area (Å²) in [6, 6.07) is 21.1. The molecule has 0 atom stereocenters. The number of methoxy groups -OCH3 is 1. The third-order valence-electron chi connectivity index (χ3n) is 5.28. The number of nitrogens with one attached hydrogen (secondary N) is 3. The van der Waals surface area contributed by atoms with Crippen LogP contribution in [0.15, 0.2) is 78.9 Å². The van der Waals surface area contributed by atoms with E-state index in [1.54, 1.807) is 73.8 Å². The Bertz CT molecular complexity index is 1210. The third kappa shape index (κ3) is 6.10. The van der Waals surface area contributed by atoms with Gasteiger partial charge >= 0.3 is 0 Å². The number of amides is 3. The van der Waals surface area contributed by atoms with Crippen molar-refractivity contribution in [2.24, 2.45) is 0 Å². The maximum absolute atomic E-state index is 12.5. The molecule has 0 heterocycles. The molecule has 0 aromatic heterocycles. The molecule has 172 valence electrons. The zero-order valence-electron chi connectivity index (χ0n) is 18.7. The fourth-order valence-electron chi connectivity index (χ4n) is 3.25. The molecular formula is C27H25N3O4. The second-order valence-electron chi connectivity index (χ2n) is 7.92. The summed E-state index contributed by atoms with van der Waals surface area (Å²) in [5.41, 5.74) is 3.00. The molecule has 3 N–H and O–H groups in total. The van der Waals surface area contributed by atoms with E-state index in [4.69, 9.17) is 4.74 Å². The molecule has 1 aliphatic rings. The lowest BCUT2D eigenvalue weighted by Crippen LogP contribution is -2.25. The van der Waals surface area contributed by atoms with Crippen molar-refractivity contribution in [3.63, 3.8) is 0 Å². The van der Waals surface area contributed by atoms with Gasteiger partial charge in [0, 0.05) is 28.9 Å². The Labute approximate surface area is 197 Å². The minimum Gasteiger partial charge on any atom is -0.495 e. The van der Waals surface area contributed by atoms with Crippen LogP contribution in [-0.4, -0.2) is 30.9 Å². The van der Waals surface area contributed by atoms with Crippen LogP contribution in [0, 0.1) is 0 Å². The molecule has 1 fully saturated rings. The zero-order valence-corrected chi connectivity index (χ0v) is 18.7. The van der Waals surface area contributed by atoms with Gasteiger partial charge in [0.05, 0.1) is 12.8 Å². The molecule has 0 bridgehead atoms. The van der Waals surface area contributed by atoms with Gasteiger partial charge in [-0.2, -0.15) is 0 Å². The minimum absolute atomic E-state index is 0.0733. The van der Waals surface area contributed by atoms with E-state index < -0.39 is 0 Å². The van der Waals surface area contributed by atoms with Crippen LogP contribution in [0.3, 0.4) is 0 Å². The van der Waals surface area contributed by atoms with Crippen molar-refractivity contribution in [1.82, 2.24) is 5.32 Å². The van der Waals surface area contributed by atoms with E-state index in [0.717, 1.165) is 18.4 Å². The molecule has 0 spiro atoms. The van der Waals surface area contributed by atoms with Gasteiger partial charge < -0.3 is 20.7 Å². The van der Waals surface area contributed by atoms with Crippen molar-refractivity contribution in [3.05, 3.63) is 95.6 Å². The van der Waals surface area contributed by atoms with E-state index in [-0.39, 0.29) is 17.7 Å². The monoisotopic (exact) mass is 455 g/mol.